The number of benzene rings is 1. The summed E-state index contributed by atoms with van der Waals surface area (Å²) in [5, 5.41) is 0.357. The highest BCUT2D eigenvalue weighted by Gasteiger charge is 2.30. The molecular formula is C23H19ClF3N3O. The Bertz CT molecular complexity index is 1060. The topological polar surface area (TPSA) is 38.2 Å². The van der Waals surface area contributed by atoms with E-state index in [4.69, 9.17) is 16.3 Å². The van der Waals surface area contributed by atoms with Crippen molar-refractivity contribution in [3.8, 4) is 11.6 Å². The van der Waals surface area contributed by atoms with Crippen LogP contribution in [-0.2, 0) is 6.18 Å². The smallest absolute Gasteiger partial charge is 0.417 e. The van der Waals surface area contributed by atoms with Gasteiger partial charge in [0.2, 0.25) is 5.88 Å². The van der Waals surface area contributed by atoms with Gasteiger partial charge in [0.25, 0.3) is 0 Å². The van der Waals surface area contributed by atoms with Crippen LogP contribution < -0.4 is 9.64 Å². The summed E-state index contributed by atoms with van der Waals surface area (Å²) in [6, 6.07) is 11.5. The zero-order chi connectivity index (χ0) is 21.8. The molecule has 1 saturated heterocycles. The van der Waals surface area contributed by atoms with E-state index in [-0.39, 0.29) is 5.88 Å². The summed E-state index contributed by atoms with van der Waals surface area (Å²) in [5.74, 6) is 0.389. The molecule has 3 aromatic rings. The summed E-state index contributed by atoms with van der Waals surface area (Å²) in [6.07, 6.45) is 3.88. The number of aromatic nitrogens is 2. The highest BCUT2D eigenvalue weighted by molar-refractivity contribution is 6.32. The molecule has 0 saturated carbocycles. The van der Waals surface area contributed by atoms with Crippen molar-refractivity contribution in [2.75, 3.05) is 18.0 Å². The van der Waals surface area contributed by atoms with Crippen molar-refractivity contribution in [1.82, 2.24) is 9.97 Å². The van der Waals surface area contributed by atoms with E-state index >= 15 is 0 Å². The normalized spacial score (nSPS) is 14.5. The molecule has 0 N–H and O–H groups in total. The molecule has 0 aliphatic carbocycles. The van der Waals surface area contributed by atoms with Crippen molar-refractivity contribution in [1.29, 1.82) is 0 Å². The van der Waals surface area contributed by atoms with Gasteiger partial charge in [-0.2, -0.15) is 13.2 Å². The van der Waals surface area contributed by atoms with E-state index in [0.717, 1.165) is 49.4 Å². The van der Waals surface area contributed by atoms with Crippen LogP contribution in [0.2, 0.25) is 5.02 Å². The zero-order valence-corrected chi connectivity index (χ0v) is 17.2. The molecule has 0 radical (unpaired) electrons. The molecule has 4 rings (SSSR count). The van der Waals surface area contributed by atoms with Crippen LogP contribution in [0.25, 0.3) is 6.08 Å². The summed E-state index contributed by atoms with van der Waals surface area (Å²) in [4.78, 5) is 10.2. The molecule has 0 amide bonds. The highest BCUT2D eigenvalue weighted by atomic mass is 35.5. The third-order valence-corrected chi connectivity index (χ3v) is 5.33. The van der Waals surface area contributed by atoms with Crippen LogP contribution in [0.15, 0.2) is 66.6 Å². The van der Waals surface area contributed by atoms with E-state index in [2.05, 4.69) is 27.0 Å². The average molecular weight is 446 g/mol. The molecule has 1 fully saturated rings. The van der Waals surface area contributed by atoms with Gasteiger partial charge < -0.3 is 9.64 Å². The van der Waals surface area contributed by atoms with Gasteiger partial charge in [0.1, 0.15) is 5.75 Å². The van der Waals surface area contributed by atoms with Gasteiger partial charge in [-0.1, -0.05) is 29.3 Å². The van der Waals surface area contributed by atoms with Gasteiger partial charge in [0.05, 0.1) is 22.5 Å². The third-order valence-electron chi connectivity index (χ3n) is 5.02. The Balaban J connectivity index is 1.44. The number of halogens is 4. The first-order chi connectivity index (χ1) is 14.9. The van der Waals surface area contributed by atoms with Crippen LogP contribution in [-0.4, -0.2) is 23.1 Å². The molecule has 1 aromatic carbocycles. The minimum Gasteiger partial charge on any atom is -0.437 e. The van der Waals surface area contributed by atoms with Gasteiger partial charge in [0.15, 0.2) is 0 Å². The van der Waals surface area contributed by atoms with E-state index in [1.54, 1.807) is 18.3 Å². The van der Waals surface area contributed by atoms with Crippen molar-refractivity contribution >= 4 is 23.4 Å². The largest absolute Gasteiger partial charge is 0.437 e. The Morgan fingerprint density at radius 2 is 1.84 bits per heavy atom. The van der Waals surface area contributed by atoms with Crippen LogP contribution in [0.3, 0.4) is 0 Å². The van der Waals surface area contributed by atoms with Crippen molar-refractivity contribution in [3.63, 3.8) is 0 Å². The number of ether oxygens (including phenoxy) is 1. The molecule has 0 unspecified atom stereocenters. The second-order valence-electron chi connectivity index (χ2n) is 7.18. The third kappa shape index (κ3) is 5.35. The van der Waals surface area contributed by atoms with Crippen LogP contribution >= 0.6 is 11.6 Å². The van der Waals surface area contributed by atoms with Gasteiger partial charge in [-0.3, -0.25) is 4.98 Å². The number of rotatable bonds is 4. The van der Waals surface area contributed by atoms with Gasteiger partial charge in [-0.15, -0.1) is 0 Å². The second kappa shape index (κ2) is 8.98. The Morgan fingerprint density at radius 3 is 2.48 bits per heavy atom. The lowest BCUT2D eigenvalue weighted by atomic mass is 10.0. The van der Waals surface area contributed by atoms with Gasteiger partial charge in [-0.05, 0) is 48.7 Å². The molecule has 2 aromatic heterocycles. The predicted molar refractivity (Wildman–Crippen MR) is 114 cm³/mol. The molecule has 1 aliphatic rings. The van der Waals surface area contributed by atoms with Gasteiger partial charge in [0, 0.05) is 31.5 Å². The number of hydrogen-bond acceptors (Lipinski definition) is 4. The highest BCUT2D eigenvalue weighted by Crippen LogP contribution is 2.33. The van der Waals surface area contributed by atoms with E-state index < -0.39 is 11.7 Å². The molecule has 1 aliphatic heterocycles. The number of hydrogen-bond donors (Lipinski definition) is 0. The first-order valence-electron chi connectivity index (χ1n) is 9.73. The molecule has 3 heterocycles. The van der Waals surface area contributed by atoms with Gasteiger partial charge in [-0.25, -0.2) is 4.98 Å². The van der Waals surface area contributed by atoms with Crippen molar-refractivity contribution in [2.45, 2.75) is 19.0 Å². The van der Waals surface area contributed by atoms with Crippen LogP contribution in [0.1, 0.15) is 24.0 Å². The Hall–Kier alpha value is -3.06. The Morgan fingerprint density at radius 1 is 1.03 bits per heavy atom. The first-order valence-corrected chi connectivity index (χ1v) is 10.1. The molecule has 0 bridgehead atoms. The molecule has 0 atom stereocenters. The Kier molecular flexibility index (Phi) is 6.13. The predicted octanol–water partition coefficient (Wildman–Crippen LogP) is 6.62. The fourth-order valence-electron chi connectivity index (χ4n) is 3.38. The standard InChI is InChI=1S/C23H19ClF3N3O/c24-20-5-3-17(12-16-7-10-30(11-8-16)19-2-1-9-28-15-19)13-21(20)31-22-6-4-18(14-29-22)23(25,26)27/h1-6,9,12-15H,7-8,10-11H2. The fourth-order valence-corrected chi connectivity index (χ4v) is 3.54. The fraction of sp³-hybridized carbons (Fsp3) is 0.217. The number of piperidine rings is 1. The lowest BCUT2D eigenvalue weighted by Gasteiger charge is -2.30. The summed E-state index contributed by atoms with van der Waals surface area (Å²) in [7, 11) is 0. The summed E-state index contributed by atoms with van der Waals surface area (Å²) in [5.41, 5.74) is 2.51. The van der Waals surface area contributed by atoms with Crippen LogP contribution in [0.4, 0.5) is 18.9 Å². The van der Waals surface area contributed by atoms with E-state index in [0.29, 0.717) is 10.8 Å². The minimum absolute atomic E-state index is 0.0458. The molecule has 4 nitrogen and oxygen atoms in total. The zero-order valence-electron chi connectivity index (χ0n) is 16.4. The maximum atomic E-state index is 12.7. The van der Waals surface area contributed by atoms with Crippen LogP contribution in [0, 0.1) is 0 Å². The van der Waals surface area contributed by atoms with Gasteiger partial charge >= 0.3 is 6.18 Å². The first kappa shape index (κ1) is 21.2. The lowest BCUT2D eigenvalue weighted by Crippen LogP contribution is -2.30. The summed E-state index contributed by atoms with van der Waals surface area (Å²) >= 11 is 6.21. The average Bonchev–Trinajstić information content (AvgIpc) is 2.77. The van der Waals surface area contributed by atoms with Crippen molar-refractivity contribution in [3.05, 3.63) is 82.8 Å². The second-order valence-corrected chi connectivity index (χ2v) is 7.58. The summed E-state index contributed by atoms with van der Waals surface area (Å²) < 4.78 is 43.7. The summed E-state index contributed by atoms with van der Waals surface area (Å²) in [6.45, 7) is 1.81. The molecule has 160 valence electrons. The quantitative estimate of drug-likeness (QED) is 0.452. The van der Waals surface area contributed by atoms with E-state index in [1.165, 1.54) is 11.6 Å². The molecular weight excluding hydrogens is 427 g/mol. The molecule has 31 heavy (non-hydrogen) atoms. The van der Waals surface area contributed by atoms with Crippen molar-refractivity contribution < 1.29 is 17.9 Å². The number of alkyl halides is 3. The monoisotopic (exact) mass is 445 g/mol. The van der Waals surface area contributed by atoms with E-state index in [1.807, 2.05) is 18.3 Å². The number of anilines is 1. The van der Waals surface area contributed by atoms with Crippen LogP contribution in [0.5, 0.6) is 11.6 Å². The van der Waals surface area contributed by atoms with Crippen molar-refractivity contribution in [2.24, 2.45) is 0 Å². The number of pyridine rings is 2. The molecule has 0 spiro atoms. The molecule has 8 heteroatoms. The van der Waals surface area contributed by atoms with E-state index in [9.17, 15) is 13.2 Å². The minimum atomic E-state index is -4.44. The number of nitrogens with zero attached hydrogens (tertiary/aromatic N) is 3. The maximum absolute atomic E-state index is 12.7. The Labute approximate surface area is 183 Å². The lowest BCUT2D eigenvalue weighted by molar-refractivity contribution is -0.137. The maximum Gasteiger partial charge on any atom is 0.417 e. The SMILES string of the molecule is FC(F)(F)c1ccc(Oc2cc(C=C3CCN(c4cccnc4)CC3)ccc2Cl)nc1.